The molecule has 1 unspecified atom stereocenters. The number of carbonyl (C=O) groups is 3. The Morgan fingerprint density at radius 1 is 0.931 bits per heavy atom. The molecule has 13 heteroatoms. The van der Waals surface area contributed by atoms with Crippen molar-refractivity contribution in [3.8, 4) is 5.75 Å². The van der Waals surface area contributed by atoms with Crippen molar-refractivity contribution in [2.75, 3.05) is 45.0 Å². The van der Waals surface area contributed by atoms with Crippen molar-refractivity contribution in [1.29, 1.82) is 0 Å². The molecule has 3 aromatic carbocycles. The van der Waals surface area contributed by atoms with Crippen LogP contribution in [-0.2, 0) is 40.0 Å². The molecule has 58 heavy (non-hydrogen) atoms. The molecule has 2 fully saturated rings. The summed E-state index contributed by atoms with van der Waals surface area (Å²) < 4.78 is 18.8. The van der Waals surface area contributed by atoms with Gasteiger partial charge in [0, 0.05) is 79.3 Å². The summed E-state index contributed by atoms with van der Waals surface area (Å²) in [5.74, 6) is 0.699. The van der Waals surface area contributed by atoms with Gasteiger partial charge in [0.05, 0.1) is 17.8 Å². The summed E-state index contributed by atoms with van der Waals surface area (Å²) in [6, 6.07) is 20.2. The lowest BCUT2D eigenvalue weighted by molar-refractivity contribution is -0.136. The third-order valence-corrected chi connectivity index (χ3v) is 13.6. The zero-order valence-corrected chi connectivity index (χ0v) is 35.4. The van der Waals surface area contributed by atoms with E-state index in [-0.39, 0.29) is 24.1 Å². The van der Waals surface area contributed by atoms with Gasteiger partial charge in [-0.25, -0.2) is 9.97 Å². The lowest BCUT2D eigenvalue weighted by Crippen LogP contribution is -2.52. The van der Waals surface area contributed by atoms with Gasteiger partial charge >= 0.3 is 0 Å². The zero-order valence-electron chi connectivity index (χ0n) is 33.8. The Morgan fingerprint density at radius 3 is 2.50 bits per heavy atom. The summed E-state index contributed by atoms with van der Waals surface area (Å²) in [6.45, 7) is 6.96. The first-order valence-electron chi connectivity index (χ1n) is 20.5. The first-order chi connectivity index (χ1) is 28.0. The molecule has 0 spiro atoms. The predicted octanol–water partition coefficient (Wildman–Crippen LogP) is 6.69. The molecule has 0 radical (unpaired) electrons. The Kier molecular flexibility index (Phi) is 13.3. The highest BCUT2D eigenvalue weighted by atomic mass is 35.5. The number of amides is 3. The second kappa shape index (κ2) is 18.6. The first-order valence-corrected chi connectivity index (χ1v) is 23.5. The number of unbranched alkanes of at least 4 members (excludes halogenated alkanes) is 3. The van der Waals surface area contributed by atoms with E-state index >= 15 is 0 Å². The Morgan fingerprint density at radius 2 is 1.72 bits per heavy atom. The van der Waals surface area contributed by atoms with E-state index in [4.69, 9.17) is 21.3 Å². The SMILES string of the molecule is COc1cc(N2CCC(NCCCCCCc3ccc4c(c3)CN(C3CCC(=O)NC3=O)C4=O)CC2)ccc1Cc1ncc(Cl)c(Cc2ccccc2P(C)(C)=O)n1. The monoisotopic (exact) mass is 824 g/mol. The number of aromatic nitrogens is 2. The average molecular weight is 825 g/mol. The molecule has 0 saturated carbocycles. The van der Waals surface area contributed by atoms with Crippen LogP contribution in [0.1, 0.15) is 95.5 Å². The molecule has 1 atom stereocenters. The molecule has 306 valence electrons. The van der Waals surface area contributed by atoms with Crippen LogP contribution in [0.15, 0.2) is 66.9 Å². The minimum absolute atomic E-state index is 0.122. The van der Waals surface area contributed by atoms with Gasteiger partial charge in [-0.05, 0) is 87.2 Å². The van der Waals surface area contributed by atoms with Crippen LogP contribution < -0.4 is 25.6 Å². The van der Waals surface area contributed by atoms with E-state index in [9.17, 15) is 18.9 Å². The van der Waals surface area contributed by atoms with Gasteiger partial charge in [0.15, 0.2) is 0 Å². The zero-order chi connectivity index (χ0) is 40.8. The number of anilines is 1. The van der Waals surface area contributed by atoms with E-state index in [0.29, 0.717) is 48.3 Å². The largest absolute Gasteiger partial charge is 0.496 e. The van der Waals surface area contributed by atoms with Crippen molar-refractivity contribution in [2.24, 2.45) is 0 Å². The van der Waals surface area contributed by atoms with Gasteiger partial charge in [-0.3, -0.25) is 19.7 Å². The van der Waals surface area contributed by atoms with Crippen LogP contribution in [0.2, 0.25) is 5.02 Å². The number of rotatable bonds is 16. The van der Waals surface area contributed by atoms with E-state index in [1.165, 1.54) is 12.0 Å². The fourth-order valence-corrected chi connectivity index (χ4v) is 9.95. The number of hydrogen-bond acceptors (Lipinski definition) is 9. The summed E-state index contributed by atoms with van der Waals surface area (Å²) >= 11 is 6.56. The van der Waals surface area contributed by atoms with Crippen molar-refractivity contribution in [1.82, 2.24) is 25.5 Å². The first kappa shape index (κ1) is 41.6. The molecule has 4 aromatic rings. The number of imide groups is 1. The van der Waals surface area contributed by atoms with E-state index < -0.39 is 13.2 Å². The van der Waals surface area contributed by atoms with Gasteiger partial charge in [0.1, 0.15) is 24.8 Å². The number of piperidine rings is 2. The van der Waals surface area contributed by atoms with E-state index in [1.54, 1.807) is 31.5 Å². The number of hydrogen-bond donors (Lipinski definition) is 2. The fraction of sp³-hybridized carbons (Fsp3) is 0.444. The van der Waals surface area contributed by atoms with Crippen LogP contribution in [0.5, 0.6) is 5.75 Å². The van der Waals surface area contributed by atoms with Gasteiger partial charge in [-0.2, -0.15) is 0 Å². The van der Waals surface area contributed by atoms with E-state index in [2.05, 4.69) is 44.8 Å². The van der Waals surface area contributed by atoms with Crippen molar-refractivity contribution in [3.05, 3.63) is 111 Å². The Labute approximate surface area is 346 Å². The molecule has 0 bridgehead atoms. The molecule has 1 aromatic heterocycles. The van der Waals surface area contributed by atoms with Crippen LogP contribution in [0, 0.1) is 0 Å². The molecule has 2 N–H and O–H groups in total. The summed E-state index contributed by atoms with van der Waals surface area (Å²) in [4.78, 5) is 50.3. The number of nitrogens with zero attached hydrogens (tertiary/aromatic N) is 4. The fourth-order valence-electron chi connectivity index (χ4n) is 8.50. The summed E-state index contributed by atoms with van der Waals surface area (Å²) in [5.41, 5.74) is 6.70. The van der Waals surface area contributed by atoms with Crippen LogP contribution in [0.3, 0.4) is 0 Å². The molecule has 3 amide bonds. The Balaban J connectivity index is 0.821. The smallest absolute Gasteiger partial charge is 0.255 e. The lowest BCUT2D eigenvalue weighted by Gasteiger charge is -2.34. The summed E-state index contributed by atoms with van der Waals surface area (Å²) in [6.07, 6.45) is 11.0. The third-order valence-electron chi connectivity index (χ3n) is 11.7. The van der Waals surface area contributed by atoms with Gasteiger partial charge < -0.3 is 24.4 Å². The van der Waals surface area contributed by atoms with Crippen LogP contribution >= 0.6 is 18.7 Å². The minimum Gasteiger partial charge on any atom is -0.496 e. The average Bonchev–Trinajstić information content (AvgIpc) is 3.53. The maximum atomic E-state index is 13.0. The van der Waals surface area contributed by atoms with Crippen molar-refractivity contribution in [3.63, 3.8) is 0 Å². The van der Waals surface area contributed by atoms with Gasteiger partial charge in [-0.15, -0.1) is 0 Å². The number of halogens is 1. The van der Waals surface area contributed by atoms with Gasteiger partial charge in [0.25, 0.3) is 5.91 Å². The molecular formula is C45H54ClN6O5P. The maximum absolute atomic E-state index is 13.0. The molecular weight excluding hydrogens is 771 g/mol. The summed E-state index contributed by atoms with van der Waals surface area (Å²) in [5, 5.41) is 7.51. The van der Waals surface area contributed by atoms with Crippen LogP contribution in [0.25, 0.3) is 0 Å². The lowest BCUT2D eigenvalue weighted by atomic mass is 10.0. The predicted molar refractivity (Wildman–Crippen MR) is 229 cm³/mol. The number of methoxy groups -OCH3 is 1. The topological polar surface area (TPSA) is 134 Å². The standard InChI is InChI=1S/C45H54ClN6O5P/c1-57-40-27-35(15-14-31(40)26-42-48-28-37(46)38(49-42)25-32-11-7-8-12-41(32)58(2,3)56)51-22-19-34(20-23-51)47-21-9-5-4-6-10-30-13-16-36-33(24-30)29-52(45(36)55)39-17-18-43(53)50-44(39)54/h7-8,11-16,24,27-28,34,39,47H,4-6,9-10,17-23,25-26,29H2,1-3H3,(H,50,53,54). The van der Waals surface area contributed by atoms with Crippen molar-refractivity contribution >= 4 is 47.5 Å². The van der Waals surface area contributed by atoms with Crippen molar-refractivity contribution < 1.29 is 23.7 Å². The number of fused-ring (bicyclic) bond motifs is 1. The van der Waals surface area contributed by atoms with Crippen LogP contribution in [0.4, 0.5) is 5.69 Å². The van der Waals surface area contributed by atoms with Gasteiger partial charge in [-0.1, -0.05) is 66.9 Å². The number of nitrogens with one attached hydrogen (secondary N) is 2. The van der Waals surface area contributed by atoms with Crippen molar-refractivity contribution in [2.45, 2.75) is 89.3 Å². The number of ether oxygens (including phenoxy) is 1. The summed E-state index contributed by atoms with van der Waals surface area (Å²) in [7, 11) is -0.760. The molecule has 2 saturated heterocycles. The highest BCUT2D eigenvalue weighted by Crippen LogP contribution is 2.37. The Bertz CT molecular complexity index is 2200. The normalized spacial score (nSPS) is 17.4. The molecule has 11 nitrogen and oxygen atoms in total. The molecule has 3 aliphatic heterocycles. The third kappa shape index (κ3) is 9.99. The van der Waals surface area contributed by atoms with E-state index in [0.717, 1.165) is 97.3 Å². The highest BCUT2D eigenvalue weighted by Gasteiger charge is 2.39. The van der Waals surface area contributed by atoms with E-state index in [1.807, 2.05) is 36.4 Å². The second-order valence-electron chi connectivity index (χ2n) is 16.2. The molecule has 0 aliphatic carbocycles. The second-order valence-corrected chi connectivity index (χ2v) is 19.8. The Hall–Kier alpha value is -4.57. The molecule has 7 rings (SSSR count). The molecule has 3 aliphatic rings. The highest BCUT2D eigenvalue weighted by molar-refractivity contribution is 7.70. The molecule has 4 heterocycles. The number of aryl methyl sites for hydroxylation is 1. The quantitative estimate of drug-likeness (QED) is 0.0721. The minimum atomic E-state index is -2.46. The van der Waals surface area contributed by atoms with Gasteiger partial charge in [0.2, 0.25) is 11.8 Å². The number of carbonyl (C=O) groups excluding carboxylic acids is 3. The van der Waals surface area contributed by atoms with Crippen LogP contribution in [-0.4, -0.2) is 84.7 Å². The maximum Gasteiger partial charge on any atom is 0.255 e. The number of benzene rings is 3.